The van der Waals surface area contributed by atoms with Gasteiger partial charge in [-0.05, 0) is 13.0 Å². The third kappa shape index (κ3) is 12.5. The lowest BCUT2D eigenvalue weighted by Crippen LogP contribution is -2.38. The van der Waals surface area contributed by atoms with Crippen LogP contribution in [0.1, 0.15) is 6.42 Å². The highest BCUT2D eigenvalue weighted by Gasteiger charge is 2.15. The molecule has 1 atom stereocenters. The second-order valence-corrected chi connectivity index (χ2v) is 7.21. The number of aliphatic hydroxyl groups is 2. The first kappa shape index (κ1) is 18.7. The molecule has 0 amide bonds. The summed E-state index contributed by atoms with van der Waals surface area (Å²) in [6.07, 6.45) is -1.07. The Kier molecular flexibility index (Phi) is 7.96. The van der Waals surface area contributed by atoms with Crippen LogP contribution in [-0.2, 0) is 20.2 Å². The molecule has 0 fully saturated rings. The topological polar surface area (TPSA) is 152 Å². The van der Waals surface area contributed by atoms with E-state index in [0.717, 1.165) is 0 Å². The normalized spacial score (nSPS) is 14.8. The van der Waals surface area contributed by atoms with E-state index in [1.54, 1.807) is 0 Å². The Hall–Kier alpha value is -0.300. The maximum atomic E-state index is 10.6. The van der Waals surface area contributed by atoms with Crippen molar-refractivity contribution in [2.45, 2.75) is 12.5 Å². The Morgan fingerprint density at radius 3 is 1.89 bits per heavy atom. The molecule has 4 N–H and O–H groups in total. The summed E-state index contributed by atoms with van der Waals surface area (Å²) in [4.78, 5) is 1.37. The minimum atomic E-state index is -4.17. The Morgan fingerprint density at radius 2 is 1.47 bits per heavy atom. The van der Waals surface area contributed by atoms with Crippen LogP contribution in [0.2, 0.25) is 0 Å². The van der Waals surface area contributed by atoms with E-state index in [1.807, 2.05) is 0 Å². The van der Waals surface area contributed by atoms with Gasteiger partial charge in [0.05, 0.1) is 24.2 Å². The van der Waals surface area contributed by atoms with Crippen LogP contribution in [-0.4, -0.2) is 84.9 Å². The molecule has 116 valence electrons. The summed E-state index contributed by atoms with van der Waals surface area (Å²) in [5.41, 5.74) is 0. The standard InChI is InChI=1S/C8H19NO8S2/c10-7-8(11)6-9(3-5-19(15,16)17)2-1-4-18(12,13)14/h8,10-11H,1-7H2,(H,12,13,14)(H,15,16,17). The van der Waals surface area contributed by atoms with Crippen molar-refractivity contribution in [3.63, 3.8) is 0 Å². The van der Waals surface area contributed by atoms with E-state index in [4.69, 9.17) is 14.2 Å². The molecule has 0 aromatic rings. The number of hydrogen-bond donors (Lipinski definition) is 4. The van der Waals surface area contributed by atoms with Crippen molar-refractivity contribution < 1.29 is 36.2 Å². The zero-order chi connectivity index (χ0) is 15.1. The number of rotatable bonds is 10. The highest BCUT2D eigenvalue weighted by atomic mass is 32.2. The van der Waals surface area contributed by atoms with Gasteiger partial charge in [-0.25, -0.2) is 0 Å². The van der Waals surface area contributed by atoms with Gasteiger partial charge in [0.2, 0.25) is 0 Å². The molecule has 0 heterocycles. The van der Waals surface area contributed by atoms with E-state index in [0.29, 0.717) is 0 Å². The van der Waals surface area contributed by atoms with Gasteiger partial charge in [-0.2, -0.15) is 16.8 Å². The van der Waals surface area contributed by atoms with E-state index in [9.17, 15) is 21.9 Å². The lowest BCUT2D eigenvalue weighted by atomic mass is 10.3. The van der Waals surface area contributed by atoms with E-state index in [-0.39, 0.29) is 26.1 Å². The second-order valence-electron chi connectivity index (χ2n) is 4.06. The summed E-state index contributed by atoms with van der Waals surface area (Å²) in [6, 6.07) is 0. The van der Waals surface area contributed by atoms with Crippen molar-refractivity contribution in [3.8, 4) is 0 Å². The summed E-state index contributed by atoms with van der Waals surface area (Å²) < 4.78 is 59.4. The van der Waals surface area contributed by atoms with Crippen molar-refractivity contribution in [1.82, 2.24) is 4.90 Å². The van der Waals surface area contributed by atoms with Crippen LogP contribution in [0.3, 0.4) is 0 Å². The molecule has 1 unspecified atom stereocenters. The predicted octanol–water partition coefficient (Wildman–Crippen LogP) is -2.19. The third-order valence-corrected chi connectivity index (χ3v) is 3.72. The van der Waals surface area contributed by atoms with Crippen LogP contribution >= 0.6 is 0 Å². The van der Waals surface area contributed by atoms with Crippen LogP contribution in [0.25, 0.3) is 0 Å². The highest BCUT2D eigenvalue weighted by Crippen LogP contribution is 1.99. The van der Waals surface area contributed by atoms with Gasteiger partial charge in [-0.1, -0.05) is 0 Å². The van der Waals surface area contributed by atoms with Crippen molar-refractivity contribution in [2.24, 2.45) is 0 Å². The second kappa shape index (κ2) is 8.09. The molecule has 0 aliphatic carbocycles. The molecule has 11 heteroatoms. The maximum absolute atomic E-state index is 10.6. The van der Waals surface area contributed by atoms with Gasteiger partial charge in [0, 0.05) is 13.1 Å². The Morgan fingerprint density at radius 1 is 0.947 bits per heavy atom. The van der Waals surface area contributed by atoms with Crippen molar-refractivity contribution >= 4 is 20.2 Å². The maximum Gasteiger partial charge on any atom is 0.266 e. The van der Waals surface area contributed by atoms with Gasteiger partial charge < -0.3 is 10.2 Å². The predicted molar refractivity (Wildman–Crippen MR) is 67.0 cm³/mol. The summed E-state index contributed by atoms with van der Waals surface area (Å²) in [6.45, 7) is -0.633. The summed E-state index contributed by atoms with van der Waals surface area (Å²) in [5, 5.41) is 17.9. The molecular formula is C8H19NO8S2. The van der Waals surface area contributed by atoms with Gasteiger partial charge in [0.15, 0.2) is 0 Å². The molecule has 0 aliphatic rings. The van der Waals surface area contributed by atoms with Crippen molar-refractivity contribution in [2.75, 3.05) is 37.7 Å². The average Bonchev–Trinajstić information content (AvgIpc) is 2.22. The van der Waals surface area contributed by atoms with Crippen LogP contribution in [0.4, 0.5) is 0 Å². The monoisotopic (exact) mass is 321 g/mol. The molecular weight excluding hydrogens is 302 g/mol. The first-order valence-electron chi connectivity index (χ1n) is 5.45. The van der Waals surface area contributed by atoms with Gasteiger partial charge in [0.1, 0.15) is 0 Å². The van der Waals surface area contributed by atoms with Crippen molar-refractivity contribution in [3.05, 3.63) is 0 Å². The van der Waals surface area contributed by atoms with E-state index < -0.39 is 44.5 Å². The lowest BCUT2D eigenvalue weighted by molar-refractivity contribution is 0.0609. The molecule has 0 radical (unpaired) electrons. The minimum absolute atomic E-state index is 0.0302. The van der Waals surface area contributed by atoms with E-state index in [1.165, 1.54) is 4.90 Å². The fourth-order valence-electron chi connectivity index (χ4n) is 1.37. The molecule has 0 aromatic carbocycles. The number of hydrogen-bond acceptors (Lipinski definition) is 7. The summed E-state index contributed by atoms with van der Waals surface area (Å²) >= 11 is 0. The first-order valence-corrected chi connectivity index (χ1v) is 8.67. The van der Waals surface area contributed by atoms with Gasteiger partial charge in [-0.15, -0.1) is 0 Å². The Labute approximate surface area is 112 Å². The fraction of sp³-hybridized carbons (Fsp3) is 1.00. The van der Waals surface area contributed by atoms with Crippen LogP contribution in [0, 0.1) is 0 Å². The van der Waals surface area contributed by atoms with E-state index >= 15 is 0 Å². The summed E-state index contributed by atoms with van der Waals surface area (Å²) in [7, 11) is -8.27. The van der Waals surface area contributed by atoms with Crippen LogP contribution < -0.4 is 0 Å². The highest BCUT2D eigenvalue weighted by molar-refractivity contribution is 7.86. The van der Waals surface area contributed by atoms with Crippen molar-refractivity contribution in [1.29, 1.82) is 0 Å². The minimum Gasteiger partial charge on any atom is -0.394 e. The van der Waals surface area contributed by atoms with Gasteiger partial charge in [-0.3, -0.25) is 14.0 Å². The molecule has 0 spiro atoms. The molecule has 0 saturated carbocycles. The fourth-order valence-corrected chi connectivity index (χ4v) is 2.35. The van der Waals surface area contributed by atoms with Gasteiger partial charge in [0.25, 0.3) is 20.2 Å². The lowest BCUT2D eigenvalue weighted by Gasteiger charge is -2.23. The van der Waals surface area contributed by atoms with Crippen LogP contribution in [0.15, 0.2) is 0 Å². The quantitative estimate of drug-likeness (QED) is 0.328. The Bertz CT molecular complexity index is 445. The molecule has 19 heavy (non-hydrogen) atoms. The molecule has 0 aliphatic heterocycles. The zero-order valence-electron chi connectivity index (χ0n) is 10.2. The zero-order valence-corrected chi connectivity index (χ0v) is 11.8. The molecule has 9 nitrogen and oxygen atoms in total. The average molecular weight is 321 g/mol. The summed E-state index contributed by atoms with van der Waals surface area (Å²) in [5.74, 6) is -1.07. The molecule has 0 rings (SSSR count). The first-order chi connectivity index (χ1) is 8.53. The third-order valence-electron chi connectivity index (χ3n) is 2.22. The van der Waals surface area contributed by atoms with Gasteiger partial charge >= 0.3 is 0 Å². The van der Waals surface area contributed by atoms with Crippen LogP contribution in [0.5, 0.6) is 0 Å². The number of nitrogens with zero attached hydrogens (tertiary/aromatic N) is 1. The SMILES string of the molecule is O=S(=O)(O)CCCN(CCS(=O)(=O)O)CC(O)CO. The smallest absolute Gasteiger partial charge is 0.266 e. The molecule has 0 aromatic heterocycles. The largest absolute Gasteiger partial charge is 0.394 e. The molecule has 0 saturated heterocycles. The molecule has 0 bridgehead atoms. The van der Waals surface area contributed by atoms with E-state index in [2.05, 4.69) is 0 Å². The Balaban J connectivity index is 4.33. The number of aliphatic hydroxyl groups excluding tert-OH is 2.